The van der Waals surface area contributed by atoms with E-state index in [-0.39, 0.29) is 27.2 Å². The Balaban J connectivity index is 1.70. The number of likely N-dealkylation sites (tertiary alicyclic amines) is 1. The number of carbonyl (C=O) groups excluding carboxylic acids is 1. The molecule has 2 N–H and O–H groups in total. The van der Waals surface area contributed by atoms with Crippen LogP contribution in [0.4, 0.5) is 4.79 Å². The van der Waals surface area contributed by atoms with Crippen LogP contribution in [0.25, 0.3) is 10.6 Å². The van der Waals surface area contributed by atoms with Crippen LogP contribution in [-0.2, 0) is 10.2 Å². The third kappa shape index (κ3) is 6.56. The van der Waals surface area contributed by atoms with E-state index in [1.54, 1.807) is 22.7 Å². The van der Waals surface area contributed by atoms with Crippen LogP contribution < -0.4 is 10.6 Å². The molecule has 7 nitrogen and oxygen atoms in total. The lowest BCUT2D eigenvalue weighted by atomic mass is 9.40. The molecule has 0 bridgehead atoms. The van der Waals surface area contributed by atoms with Crippen molar-refractivity contribution in [3.05, 3.63) is 64.5 Å². The lowest BCUT2D eigenvalue weighted by Crippen LogP contribution is -2.50. The molecule has 2 aromatic rings. The van der Waals surface area contributed by atoms with Gasteiger partial charge in [-0.05, 0) is 49.6 Å². The van der Waals surface area contributed by atoms with Gasteiger partial charge in [0.25, 0.3) is 0 Å². The quantitative estimate of drug-likeness (QED) is 0.425. The SMILES string of the molecule is BC(B)(B)c1cc(C2=C(c3cccc(C#N)c3)NC(NC(=O)N3CCC(C)(C#N)CC3)S2)cc(C(B)(B)B)n1. The van der Waals surface area contributed by atoms with Gasteiger partial charge in [0.05, 0.1) is 75.9 Å². The molecule has 0 aliphatic carbocycles. The van der Waals surface area contributed by atoms with Crippen molar-refractivity contribution in [3.63, 3.8) is 0 Å². The fourth-order valence-electron chi connectivity index (χ4n) is 4.59. The average Bonchev–Trinajstić information content (AvgIpc) is 3.31. The molecule has 0 spiro atoms. The van der Waals surface area contributed by atoms with Gasteiger partial charge < -0.3 is 15.5 Å². The molecule has 39 heavy (non-hydrogen) atoms. The van der Waals surface area contributed by atoms with E-state index in [9.17, 15) is 15.3 Å². The van der Waals surface area contributed by atoms with Gasteiger partial charge >= 0.3 is 6.03 Å². The van der Waals surface area contributed by atoms with E-state index in [0.717, 1.165) is 33.1 Å². The van der Waals surface area contributed by atoms with Gasteiger partial charge in [-0.1, -0.05) is 34.1 Å². The number of rotatable bonds is 5. The lowest BCUT2D eigenvalue weighted by molar-refractivity contribution is 0.155. The summed E-state index contributed by atoms with van der Waals surface area (Å²) < 4.78 is 0. The van der Waals surface area contributed by atoms with Crippen LogP contribution in [0.5, 0.6) is 0 Å². The maximum absolute atomic E-state index is 13.2. The Morgan fingerprint density at radius 1 is 1.08 bits per heavy atom. The van der Waals surface area contributed by atoms with Crippen molar-refractivity contribution < 1.29 is 4.79 Å². The molecule has 2 aliphatic heterocycles. The minimum atomic E-state index is -0.387. The third-order valence-electron chi connectivity index (χ3n) is 7.32. The molecule has 1 fully saturated rings. The van der Waals surface area contributed by atoms with Crippen molar-refractivity contribution >= 4 is 75.5 Å². The van der Waals surface area contributed by atoms with E-state index in [2.05, 4.69) is 82.0 Å². The van der Waals surface area contributed by atoms with Gasteiger partial charge in [-0.15, -0.1) is 0 Å². The zero-order chi connectivity index (χ0) is 28.6. The van der Waals surface area contributed by atoms with E-state index >= 15 is 0 Å². The van der Waals surface area contributed by atoms with Crippen molar-refractivity contribution in [1.82, 2.24) is 20.5 Å². The molecule has 1 saturated heterocycles. The molecule has 3 heterocycles. The maximum Gasteiger partial charge on any atom is 0.319 e. The maximum atomic E-state index is 13.2. The fraction of sp³-hybridized carbons (Fsp3) is 0.360. The summed E-state index contributed by atoms with van der Waals surface area (Å²) in [7, 11) is 13.0. The Hall–Kier alpha value is -3.10. The van der Waals surface area contributed by atoms with Crippen molar-refractivity contribution in [2.75, 3.05) is 13.1 Å². The topological polar surface area (TPSA) is 105 Å². The van der Waals surface area contributed by atoms with Crippen molar-refractivity contribution in [1.29, 1.82) is 10.5 Å². The number of piperidine rings is 1. The summed E-state index contributed by atoms with van der Waals surface area (Å²) in [6.07, 6.45) is 1.33. The van der Waals surface area contributed by atoms with Crippen LogP contribution in [0.15, 0.2) is 36.4 Å². The molecule has 2 amide bonds. The highest BCUT2D eigenvalue weighted by molar-refractivity contribution is 8.09. The Morgan fingerprint density at radius 2 is 1.69 bits per heavy atom. The Morgan fingerprint density at radius 3 is 2.23 bits per heavy atom. The fourth-order valence-corrected chi connectivity index (χ4v) is 5.71. The van der Waals surface area contributed by atoms with Crippen molar-refractivity contribution in [3.8, 4) is 12.1 Å². The Labute approximate surface area is 241 Å². The molecule has 0 saturated carbocycles. The number of amides is 2. The first kappa shape index (κ1) is 28.9. The lowest BCUT2D eigenvalue weighted by Gasteiger charge is -2.35. The number of thioether (sulfide) groups is 1. The number of nitriles is 2. The highest BCUT2D eigenvalue weighted by atomic mass is 32.2. The van der Waals surface area contributed by atoms with Crippen LogP contribution in [0.3, 0.4) is 0 Å². The van der Waals surface area contributed by atoms with Gasteiger partial charge in [0.1, 0.15) is 0 Å². The van der Waals surface area contributed by atoms with Crippen molar-refractivity contribution in [2.45, 2.75) is 35.5 Å². The highest BCUT2D eigenvalue weighted by Crippen LogP contribution is 2.43. The average molecular weight is 530 g/mol. The first-order valence-corrected chi connectivity index (χ1v) is 14.3. The Bertz CT molecular complexity index is 1370. The van der Waals surface area contributed by atoms with Crippen molar-refractivity contribution in [2.24, 2.45) is 5.41 Å². The van der Waals surface area contributed by atoms with E-state index in [4.69, 9.17) is 4.98 Å². The molecule has 2 aliphatic rings. The molecule has 1 aromatic carbocycles. The van der Waals surface area contributed by atoms with Gasteiger partial charge in [0, 0.05) is 34.9 Å². The number of hydrogen-bond acceptors (Lipinski definition) is 6. The van der Waals surface area contributed by atoms with E-state index in [1.165, 1.54) is 0 Å². The predicted octanol–water partition coefficient (Wildman–Crippen LogP) is -2.25. The number of hydrogen-bond donors (Lipinski definition) is 2. The second kappa shape index (κ2) is 10.8. The summed E-state index contributed by atoms with van der Waals surface area (Å²) >= 11 is 1.56. The summed E-state index contributed by atoms with van der Waals surface area (Å²) in [4.78, 5) is 21.0. The molecular weight excluding hydrogens is 497 g/mol. The molecule has 4 rings (SSSR count). The number of nitrogens with zero attached hydrogens (tertiary/aromatic N) is 4. The first-order chi connectivity index (χ1) is 18.2. The normalized spacial score (nSPS) is 19.1. The predicted molar refractivity (Wildman–Crippen MR) is 174 cm³/mol. The van der Waals surface area contributed by atoms with Gasteiger partial charge in [-0.2, -0.15) is 10.5 Å². The van der Waals surface area contributed by atoms with E-state index in [0.29, 0.717) is 31.5 Å². The van der Waals surface area contributed by atoms with Gasteiger partial charge in [-0.3, -0.25) is 4.98 Å². The highest BCUT2D eigenvalue weighted by Gasteiger charge is 2.35. The number of aromatic nitrogens is 1. The molecule has 1 unspecified atom stereocenters. The first-order valence-electron chi connectivity index (χ1n) is 13.4. The summed E-state index contributed by atoms with van der Waals surface area (Å²) in [6.45, 7) is 3.07. The summed E-state index contributed by atoms with van der Waals surface area (Å²) in [5.74, 6) is 0. The molecule has 192 valence electrons. The van der Waals surface area contributed by atoms with Gasteiger partial charge in [0.2, 0.25) is 0 Å². The number of carbonyl (C=O) groups is 1. The molecule has 1 aromatic heterocycles. The van der Waals surface area contributed by atoms with Gasteiger partial charge in [-0.25, -0.2) is 4.79 Å². The van der Waals surface area contributed by atoms with Crippen LogP contribution in [0.1, 0.15) is 47.8 Å². The largest absolute Gasteiger partial charge is 0.355 e. The van der Waals surface area contributed by atoms with Crippen LogP contribution in [0, 0.1) is 28.1 Å². The van der Waals surface area contributed by atoms with Gasteiger partial charge in [0.15, 0.2) is 5.50 Å². The molecule has 0 radical (unpaired) electrons. The second-order valence-electron chi connectivity index (χ2n) is 12.8. The van der Waals surface area contributed by atoms with E-state index in [1.807, 2.05) is 25.1 Å². The number of nitrogens with one attached hydrogen (secondary N) is 2. The zero-order valence-electron chi connectivity index (χ0n) is 24.0. The Kier molecular flexibility index (Phi) is 8.01. The summed E-state index contributed by atoms with van der Waals surface area (Å²) in [5.41, 5.74) is 4.63. The number of benzene rings is 1. The molecular formula is C25H32B6N6OS. The summed E-state index contributed by atoms with van der Waals surface area (Å²) in [6, 6.07) is 16.3. The monoisotopic (exact) mass is 530 g/mol. The smallest absolute Gasteiger partial charge is 0.319 e. The third-order valence-corrected chi connectivity index (χ3v) is 8.47. The minimum Gasteiger partial charge on any atom is -0.355 e. The van der Waals surface area contributed by atoms with E-state index < -0.39 is 0 Å². The minimum absolute atomic E-state index is 0.145. The standard InChI is InChI=1S/C25H32B6N6OS/c1-23(13-33)5-7-37(8-6-23)22(38)36-21-35-19(15-4-2-3-14(9-15)12-32)20(39-21)16-10-17(24(26,27)28)34-18(11-16)25(29,30)31/h2-4,9-11,21,35H,5-8,26-31H2,1H3,(H,36,38). The molecule has 1 atom stereocenters. The summed E-state index contributed by atoms with van der Waals surface area (Å²) in [5, 5.41) is 25.3. The number of urea groups is 1. The van der Waals surface area contributed by atoms with Crippen LogP contribution in [0.2, 0.25) is 0 Å². The second-order valence-corrected chi connectivity index (χ2v) is 13.9. The van der Waals surface area contributed by atoms with Crippen LogP contribution in [-0.4, -0.2) is 81.6 Å². The number of pyridine rings is 1. The molecule has 14 heteroatoms. The van der Waals surface area contributed by atoms with Crippen LogP contribution >= 0.6 is 11.8 Å². The zero-order valence-corrected chi connectivity index (χ0v) is 24.8.